The zero-order valence-corrected chi connectivity index (χ0v) is 12.7. The summed E-state index contributed by atoms with van der Waals surface area (Å²) >= 11 is 1.67. The van der Waals surface area contributed by atoms with Gasteiger partial charge in [0.1, 0.15) is 10.7 Å². The summed E-state index contributed by atoms with van der Waals surface area (Å²) in [5, 5.41) is 11.3. The third-order valence-electron chi connectivity index (χ3n) is 4.13. The van der Waals surface area contributed by atoms with Crippen molar-refractivity contribution < 1.29 is 4.79 Å². The van der Waals surface area contributed by atoms with Gasteiger partial charge in [-0.25, -0.2) is 4.98 Å². The molecule has 2 heterocycles. The summed E-state index contributed by atoms with van der Waals surface area (Å²) in [6, 6.07) is 1.93. The Hall–Kier alpha value is -1.69. The SMILES string of the molecule is Cc1cnc([C@H](NC(=O)c2cc(C3CC3)[nH]n2)C2CC2)s1. The van der Waals surface area contributed by atoms with Crippen LogP contribution >= 0.6 is 11.3 Å². The van der Waals surface area contributed by atoms with Gasteiger partial charge in [-0.3, -0.25) is 9.89 Å². The lowest BCUT2D eigenvalue weighted by Crippen LogP contribution is -2.30. The normalized spacial score (nSPS) is 19.5. The second-order valence-electron chi connectivity index (χ2n) is 6.08. The molecule has 1 atom stereocenters. The summed E-state index contributed by atoms with van der Waals surface area (Å²) in [6.45, 7) is 2.04. The van der Waals surface area contributed by atoms with Crippen LogP contribution in [0, 0.1) is 12.8 Å². The maximum Gasteiger partial charge on any atom is 0.272 e. The van der Waals surface area contributed by atoms with Gasteiger partial charge in [0.15, 0.2) is 0 Å². The van der Waals surface area contributed by atoms with E-state index < -0.39 is 0 Å². The molecular weight excluding hydrogens is 284 g/mol. The molecule has 2 aromatic rings. The smallest absolute Gasteiger partial charge is 0.272 e. The van der Waals surface area contributed by atoms with Crippen molar-refractivity contribution in [1.29, 1.82) is 0 Å². The van der Waals surface area contributed by atoms with Crippen LogP contribution in [0.2, 0.25) is 0 Å². The summed E-state index contributed by atoms with van der Waals surface area (Å²) in [5.41, 5.74) is 1.59. The Morgan fingerprint density at radius 1 is 1.43 bits per heavy atom. The van der Waals surface area contributed by atoms with Crippen molar-refractivity contribution >= 4 is 17.2 Å². The molecule has 0 saturated heterocycles. The van der Waals surface area contributed by atoms with Crippen molar-refractivity contribution in [3.05, 3.63) is 33.5 Å². The monoisotopic (exact) mass is 302 g/mol. The van der Waals surface area contributed by atoms with Crippen LogP contribution in [0.1, 0.15) is 63.7 Å². The highest BCUT2D eigenvalue weighted by atomic mass is 32.1. The molecule has 0 spiro atoms. The van der Waals surface area contributed by atoms with Gasteiger partial charge in [0.2, 0.25) is 0 Å². The highest BCUT2D eigenvalue weighted by Crippen LogP contribution is 2.42. The molecule has 1 amide bonds. The first kappa shape index (κ1) is 13.0. The minimum absolute atomic E-state index is 0.0391. The topological polar surface area (TPSA) is 70.7 Å². The molecule has 2 saturated carbocycles. The number of hydrogen-bond acceptors (Lipinski definition) is 4. The van der Waals surface area contributed by atoms with Crippen molar-refractivity contribution in [1.82, 2.24) is 20.5 Å². The van der Waals surface area contributed by atoms with Crippen LogP contribution in [-0.4, -0.2) is 21.1 Å². The fraction of sp³-hybridized carbons (Fsp3) is 0.533. The maximum atomic E-state index is 12.4. The maximum absolute atomic E-state index is 12.4. The molecule has 21 heavy (non-hydrogen) atoms. The molecule has 4 rings (SSSR count). The van der Waals surface area contributed by atoms with Crippen LogP contribution in [0.15, 0.2) is 12.3 Å². The number of amides is 1. The molecule has 0 aromatic carbocycles. The number of aromatic nitrogens is 3. The number of nitrogens with zero attached hydrogens (tertiary/aromatic N) is 2. The van der Waals surface area contributed by atoms with E-state index >= 15 is 0 Å². The summed E-state index contributed by atoms with van der Waals surface area (Å²) in [6.07, 6.45) is 6.61. The van der Waals surface area contributed by atoms with E-state index in [-0.39, 0.29) is 11.9 Å². The van der Waals surface area contributed by atoms with Crippen molar-refractivity contribution in [2.24, 2.45) is 5.92 Å². The first-order valence-electron chi connectivity index (χ1n) is 7.49. The molecule has 2 aliphatic carbocycles. The van der Waals surface area contributed by atoms with Crippen LogP contribution in [-0.2, 0) is 0 Å². The average molecular weight is 302 g/mol. The molecule has 110 valence electrons. The van der Waals surface area contributed by atoms with Gasteiger partial charge >= 0.3 is 0 Å². The average Bonchev–Trinajstić information content (AvgIpc) is 3.40. The Bertz CT molecular complexity index is 669. The first-order chi connectivity index (χ1) is 10.2. The number of nitrogens with one attached hydrogen (secondary N) is 2. The van der Waals surface area contributed by atoms with Crippen molar-refractivity contribution in [3.8, 4) is 0 Å². The Morgan fingerprint density at radius 2 is 2.24 bits per heavy atom. The number of aryl methyl sites for hydroxylation is 1. The van der Waals surface area contributed by atoms with E-state index in [0.717, 1.165) is 23.5 Å². The summed E-state index contributed by atoms with van der Waals surface area (Å²) < 4.78 is 0. The van der Waals surface area contributed by atoms with Gasteiger partial charge in [-0.05, 0) is 44.6 Å². The predicted octanol–water partition coefficient (Wildman–Crippen LogP) is 2.93. The van der Waals surface area contributed by atoms with Crippen molar-refractivity contribution in [3.63, 3.8) is 0 Å². The minimum Gasteiger partial charge on any atom is -0.341 e. The lowest BCUT2D eigenvalue weighted by atomic mass is 10.2. The van der Waals surface area contributed by atoms with Gasteiger partial charge in [0, 0.05) is 22.7 Å². The zero-order chi connectivity index (χ0) is 14.4. The molecule has 2 aliphatic rings. The molecule has 6 heteroatoms. The Balaban J connectivity index is 1.50. The van der Waals surface area contributed by atoms with E-state index in [0.29, 0.717) is 17.5 Å². The number of aromatic amines is 1. The third kappa shape index (κ3) is 2.72. The quantitative estimate of drug-likeness (QED) is 0.892. The minimum atomic E-state index is -0.0945. The summed E-state index contributed by atoms with van der Waals surface area (Å²) in [7, 11) is 0. The molecule has 0 radical (unpaired) electrons. The number of carbonyl (C=O) groups is 1. The number of rotatable bonds is 5. The third-order valence-corrected chi connectivity index (χ3v) is 5.13. The highest BCUT2D eigenvalue weighted by Gasteiger charge is 2.36. The molecule has 0 unspecified atom stereocenters. The van der Waals surface area contributed by atoms with E-state index in [1.54, 1.807) is 11.3 Å². The molecule has 2 aromatic heterocycles. The molecular formula is C15H18N4OS. The van der Waals surface area contributed by atoms with Gasteiger partial charge in [-0.2, -0.15) is 5.10 Å². The van der Waals surface area contributed by atoms with Crippen molar-refractivity contribution in [2.75, 3.05) is 0 Å². The zero-order valence-electron chi connectivity index (χ0n) is 11.9. The number of hydrogen-bond donors (Lipinski definition) is 2. The molecule has 0 bridgehead atoms. The largest absolute Gasteiger partial charge is 0.341 e. The Morgan fingerprint density at radius 3 is 2.86 bits per heavy atom. The van der Waals surface area contributed by atoms with Crippen LogP contribution in [0.5, 0.6) is 0 Å². The van der Waals surface area contributed by atoms with Crippen LogP contribution < -0.4 is 5.32 Å². The summed E-state index contributed by atoms with van der Waals surface area (Å²) in [5.74, 6) is 1.02. The van der Waals surface area contributed by atoms with E-state index in [1.165, 1.54) is 17.7 Å². The van der Waals surface area contributed by atoms with E-state index in [2.05, 4.69) is 20.5 Å². The molecule has 2 fully saturated rings. The van der Waals surface area contributed by atoms with E-state index in [9.17, 15) is 4.79 Å². The lowest BCUT2D eigenvalue weighted by molar-refractivity contribution is 0.0926. The fourth-order valence-corrected chi connectivity index (χ4v) is 3.52. The van der Waals surface area contributed by atoms with Gasteiger partial charge in [0.25, 0.3) is 5.91 Å². The predicted molar refractivity (Wildman–Crippen MR) is 80.3 cm³/mol. The van der Waals surface area contributed by atoms with Gasteiger partial charge < -0.3 is 5.32 Å². The molecule has 2 N–H and O–H groups in total. The van der Waals surface area contributed by atoms with Crippen LogP contribution in [0.3, 0.4) is 0 Å². The van der Waals surface area contributed by atoms with Crippen LogP contribution in [0.25, 0.3) is 0 Å². The highest BCUT2D eigenvalue weighted by molar-refractivity contribution is 7.11. The summed E-state index contributed by atoms with van der Waals surface area (Å²) in [4.78, 5) is 18.0. The second-order valence-corrected chi connectivity index (χ2v) is 7.35. The Kier molecular flexibility index (Phi) is 3.06. The number of thiazole rings is 1. The Labute approximate surface area is 127 Å². The fourth-order valence-electron chi connectivity index (χ4n) is 2.60. The van der Waals surface area contributed by atoms with Crippen LogP contribution in [0.4, 0.5) is 0 Å². The van der Waals surface area contributed by atoms with Gasteiger partial charge in [-0.15, -0.1) is 11.3 Å². The van der Waals surface area contributed by atoms with Gasteiger partial charge in [0.05, 0.1) is 6.04 Å². The lowest BCUT2D eigenvalue weighted by Gasteiger charge is -2.14. The van der Waals surface area contributed by atoms with Gasteiger partial charge in [-0.1, -0.05) is 0 Å². The standard InChI is InChI=1S/C15H18N4OS/c1-8-7-16-15(21-8)13(10-4-5-10)17-14(20)12-6-11(18-19-12)9-2-3-9/h6-7,9-10,13H,2-5H2,1H3,(H,17,20)(H,18,19)/t13-/m1/s1. The van der Waals surface area contributed by atoms with E-state index in [4.69, 9.17) is 0 Å². The number of H-pyrrole nitrogens is 1. The second kappa shape index (κ2) is 4.94. The molecule has 0 aliphatic heterocycles. The number of carbonyl (C=O) groups excluding carboxylic acids is 1. The molecule has 5 nitrogen and oxygen atoms in total. The van der Waals surface area contributed by atoms with Crippen molar-refractivity contribution in [2.45, 2.75) is 44.6 Å². The van der Waals surface area contributed by atoms with E-state index in [1.807, 2.05) is 19.2 Å². The first-order valence-corrected chi connectivity index (χ1v) is 8.31.